The Kier molecular flexibility index (Phi) is 3.59. The van der Waals surface area contributed by atoms with Gasteiger partial charge in [-0.2, -0.15) is 4.57 Å². The number of carbonyl (C=O) groups excluding carboxylic acids is 1. The summed E-state index contributed by atoms with van der Waals surface area (Å²) >= 11 is 0. The first kappa shape index (κ1) is 14.3. The second kappa shape index (κ2) is 6.04. The first-order chi connectivity index (χ1) is 11.8. The van der Waals surface area contributed by atoms with E-state index in [4.69, 9.17) is 0 Å². The lowest BCUT2D eigenvalue weighted by Crippen LogP contribution is -2.37. The van der Waals surface area contributed by atoms with Crippen molar-refractivity contribution in [1.29, 1.82) is 0 Å². The van der Waals surface area contributed by atoms with Crippen LogP contribution in [0.25, 0.3) is 16.7 Å². The fourth-order valence-electron chi connectivity index (χ4n) is 2.65. The molecule has 0 amide bonds. The topological polar surface area (TPSA) is 51.7 Å². The van der Waals surface area contributed by atoms with Crippen LogP contribution in [0, 0.1) is 0 Å². The van der Waals surface area contributed by atoms with Crippen LogP contribution in [-0.2, 0) is 6.54 Å². The lowest BCUT2D eigenvalue weighted by atomic mass is 10.1. The molecule has 0 saturated carbocycles. The molecule has 5 nitrogen and oxygen atoms in total. The van der Waals surface area contributed by atoms with Gasteiger partial charge in [-0.15, -0.1) is 5.10 Å². The van der Waals surface area contributed by atoms with Crippen molar-refractivity contribution in [2.45, 2.75) is 6.54 Å². The molecular weight excluding hydrogens is 300 g/mol. The molecule has 0 aliphatic carbocycles. The van der Waals surface area contributed by atoms with Gasteiger partial charge in [-0.3, -0.25) is 4.79 Å². The van der Waals surface area contributed by atoms with Gasteiger partial charge in [0.05, 0.1) is 5.69 Å². The molecule has 2 aromatic heterocycles. The van der Waals surface area contributed by atoms with Crippen molar-refractivity contribution in [2.24, 2.45) is 0 Å². The highest BCUT2D eigenvalue weighted by Gasteiger charge is 2.15. The van der Waals surface area contributed by atoms with E-state index in [1.54, 1.807) is 4.68 Å². The van der Waals surface area contributed by atoms with Crippen molar-refractivity contribution >= 4 is 16.8 Å². The number of hydrogen-bond acceptors (Lipinski definition) is 3. The van der Waals surface area contributed by atoms with Crippen LogP contribution in [0.1, 0.15) is 10.4 Å². The van der Waals surface area contributed by atoms with E-state index in [1.165, 1.54) is 0 Å². The van der Waals surface area contributed by atoms with Gasteiger partial charge in [-0.25, -0.2) is 4.68 Å². The van der Waals surface area contributed by atoms with E-state index in [9.17, 15) is 4.79 Å². The van der Waals surface area contributed by atoms with E-state index < -0.39 is 0 Å². The Morgan fingerprint density at radius 1 is 0.958 bits per heavy atom. The van der Waals surface area contributed by atoms with Crippen molar-refractivity contribution in [3.63, 3.8) is 0 Å². The average molecular weight is 315 g/mol. The number of rotatable bonds is 4. The van der Waals surface area contributed by atoms with E-state index in [1.807, 2.05) is 83.7 Å². The standard InChI is InChI=1S/C19H15N4O/c24-19(15-7-3-1-4-8-15)14-22-12-11-18-17(13-22)20-21-23(18)16-9-5-2-6-10-16/h1-13H,14H2/q+1. The van der Waals surface area contributed by atoms with Crippen LogP contribution in [0.5, 0.6) is 0 Å². The Labute approximate surface area is 138 Å². The maximum Gasteiger partial charge on any atom is 0.227 e. The highest BCUT2D eigenvalue weighted by atomic mass is 16.1. The largest absolute Gasteiger partial charge is 0.287 e. The number of carbonyl (C=O) groups is 1. The van der Waals surface area contributed by atoms with Gasteiger partial charge >= 0.3 is 0 Å². The molecule has 2 aromatic carbocycles. The first-order valence-electron chi connectivity index (χ1n) is 7.69. The SMILES string of the molecule is O=C(C[n+]1ccc2c(c1)nnn2-c1ccccc1)c1ccccc1. The second-order valence-corrected chi connectivity index (χ2v) is 5.51. The highest BCUT2D eigenvalue weighted by Crippen LogP contribution is 2.14. The Morgan fingerprint density at radius 2 is 1.67 bits per heavy atom. The summed E-state index contributed by atoms with van der Waals surface area (Å²) in [6.45, 7) is 0.276. The van der Waals surface area contributed by atoms with Gasteiger partial charge in [-0.05, 0) is 12.1 Å². The lowest BCUT2D eigenvalue weighted by Gasteiger charge is -2.01. The van der Waals surface area contributed by atoms with Crippen LogP contribution in [0.3, 0.4) is 0 Å². The molecule has 116 valence electrons. The predicted octanol–water partition coefficient (Wildman–Crippen LogP) is 2.59. The van der Waals surface area contributed by atoms with Crippen molar-refractivity contribution in [1.82, 2.24) is 15.0 Å². The smallest absolute Gasteiger partial charge is 0.227 e. The molecule has 2 heterocycles. The summed E-state index contributed by atoms with van der Waals surface area (Å²) in [5.41, 5.74) is 3.32. The molecule has 0 atom stereocenters. The van der Waals surface area contributed by atoms with E-state index in [0.717, 1.165) is 16.7 Å². The fraction of sp³-hybridized carbons (Fsp3) is 0.0526. The van der Waals surface area contributed by atoms with Crippen molar-refractivity contribution in [3.05, 3.63) is 84.7 Å². The number of nitrogens with zero attached hydrogens (tertiary/aromatic N) is 4. The number of Topliss-reactive ketones (excluding diaryl/α,β-unsaturated/α-hetero) is 1. The molecule has 0 radical (unpaired) electrons. The predicted molar refractivity (Wildman–Crippen MR) is 89.8 cm³/mol. The first-order valence-corrected chi connectivity index (χ1v) is 7.69. The zero-order chi connectivity index (χ0) is 16.4. The number of hydrogen-bond donors (Lipinski definition) is 0. The van der Waals surface area contributed by atoms with Crippen molar-refractivity contribution in [2.75, 3.05) is 0 Å². The van der Waals surface area contributed by atoms with E-state index in [0.29, 0.717) is 5.56 Å². The average Bonchev–Trinajstić information content (AvgIpc) is 3.06. The van der Waals surface area contributed by atoms with Gasteiger partial charge in [0, 0.05) is 11.6 Å². The molecule has 5 heteroatoms. The summed E-state index contributed by atoms with van der Waals surface area (Å²) in [4.78, 5) is 12.3. The third kappa shape index (κ3) is 2.67. The maximum absolute atomic E-state index is 12.3. The number of pyridine rings is 1. The maximum atomic E-state index is 12.3. The van der Waals surface area contributed by atoms with Gasteiger partial charge in [-0.1, -0.05) is 53.7 Å². The molecule has 24 heavy (non-hydrogen) atoms. The number of benzene rings is 2. The molecule has 0 aliphatic rings. The molecule has 0 N–H and O–H groups in total. The minimum atomic E-state index is 0.0652. The Balaban J connectivity index is 1.64. The van der Waals surface area contributed by atoms with Gasteiger partial charge in [0.2, 0.25) is 12.3 Å². The summed E-state index contributed by atoms with van der Waals surface area (Å²) in [5.74, 6) is 0.0652. The molecule has 0 fully saturated rings. The van der Waals surface area contributed by atoms with Crippen LogP contribution >= 0.6 is 0 Å². The molecule has 4 aromatic rings. The van der Waals surface area contributed by atoms with E-state index >= 15 is 0 Å². The Morgan fingerprint density at radius 3 is 2.42 bits per heavy atom. The quantitative estimate of drug-likeness (QED) is 0.430. The van der Waals surface area contributed by atoms with Gasteiger partial charge in [0.25, 0.3) is 0 Å². The van der Waals surface area contributed by atoms with Crippen molar-refractivity contribution < 1.29 is 9.36 Å². The summed E-state index contributed by atoms with van der Waals surface area (Å²) in [7, 11) is 0. The van der Waals surface area contributed by atoms with Crippen LogP contribution in [0.4, 0.5) is 0 Å². The number of aromatic nitrogens is 4. The number of para-hydroxylation sites is 1. The number of ketones is 1. The van der Waals surface area contributed by atoms with E-state index in [2.05, 4.69) is 10.3 Å². The van der Waals surface area contributed by atoms with Crippen LogP contribution in [0.2, 0.25) is 0 Å². The molecule has 0 aliphatic heterocycles. The molecule has 0 spiro atoms. The molecule has 4 rings (SSSR count). The van der Waals surface area contributed by atoms with Crippen LogP contribution < -0.4 is 4.57 Å². The minimum Gasteiger partial charge on any atom is -0.287 e. The summed E-state index contributed by atoms with van der Waals surface area (Å²) in [6, 6.07) is 21.1. The third-order valence-electron chi connectivity index (χ3n) is 3.87. The molecule has 0 saturated heterocycles. The molecule has 0 unspecified atom stereocenters. The zero-order valence-corrected chi connectivity index (χ0v) is 12.9. The van der Waals surface area contributed by atoms with Crippen molar-refractivity contribution in [3.8, 4) is 5.69 Å². The summed E-state index contributed by atoms with van der Waals surface area (Å²) < 4.78 is 3.63. The highest BCUT2D eigenvalue weighted by molar-refractivity contribution is 5.95. The normalized spacial score (nSPS) is 10.8. The second-order valence-electron chi connectivity index (χ2n) is 5.51. The summed E-state index contributed by atoms with van der Waals surface area (Å²) in [5, 5.41) is 8.43. The minimum absolute atomic E-state index is 0.0652. The Bertz CT molecular complexity index is 994. The Hall–Kier alpha value is -3.34. The lowest BCUT2D eigenvalue weighted by molar-refractivity contribution is -0.681. The van der Waals surface area contributed by atoms with Crippen LogP contribution in [-0.4, -0.2) is 20.8 Å². The van der Waals surface area contributed by atoms with Gasteiger partial charge in [0.15, 0.2) is 17.9 Å². The zero-order valence-electron chi connectivity index (χ0n) is 12.9. The monoisotopic (exact) mass is 315 g/mol. The van der Waals surface area contributed by atoms with Gasteiger partial charge < -0.3 is 0 Å². The third-order valence-corrected chi connectivity index (χ3v) is 3.87. The van der Waals surface area contributed by atoms with Crippen LogP contribution in [0.15, 0.2) is 79.1 Å². The summed E-state index contributed by atoms with van der Waals surface area (Å²) in [6.07, 6.45) is 3.73. The fourth-order valence-corrected chi connectivity index (χ4v) is 2.65. The molecular formula is C19H15N4O+. The van der Waals surface area contributed by atoms with Gasteiger partial charge in [0.1, 0.15) is 5.52 Å². The molecule has 0 bridgehead atoms. The van der Waals surface area contributed by atoms with E-state index in [-0.39, 0.29) is 12.3 Å². The number of fused-ring (bicyclic) bond motifs is 1.